The van der Waals surface area contributed by atoms with Gasteiger partial charge in [-0.15, -0.1) is 0 Å². The molecule has 0 aliphatic heterocycles. The lowest BCUT2D eigenvalue weighted by Crippen LogP contribution is -2.69. The first-order chi connectivity index (χ1) is 19.4. The summed E-state index contributed by atoms with van der Waals surface area (Å²) >= 11 is 0. The van der Waals surface area contributed by atoms with Crippen LogP contribution in [0.2, 0.25) is 0 Å². The molecule has 0 aromatic heterocycles. The highest BCUT2D eigenvalue weighted by Gasteiger charge is 2.90. The van der Waals surface area contributed by atoms with Crippen molar-refractivity contribution < 1.29 is 62.2 Å². The van der Waals surface area contributed by atoms with Crippen LogP contribution in [0, 0.1) is 0 Å². The van der Waals surface area contributed by atoms with Gasteiger partial charge >= 0.3 is 35.5 Å². The molecule has 0 spiro atoms. The molecule has 4 nitrogen and oxygen atoms in total. The fraction of sp³-hybridized carbons (Fsp3) is 0.571. The molecule has 16 heteroatoms. The van der Waals surface area contributed by atoms with Gasteiger partial charge in [0.1, 0.15) is 11.5 Å². The first-order valence-electron chi connectivity index (χ1n) is 12.6. The van der Waals surface area contributed by atoms with Gasteiger partial charge in [0.2, 0.25) is 0 Å². The molecule has 0 saturated carbocycles. The molecule has 0 fully saturated rings. The Morgan fingerprint density at radius 1 is 0.455 bits per heavy atom. The Morgan fingerprint density at radius 3 is 0.909 bits per heavy atom. The summed E-state index contributed by atoms with van der Waals surface area (Å²) in [5.41, 5.74) is 3.29. The number of hydrogen-bond acceptors (Lipinski definition) is 4. The average molecular weight is 657 g/mol. The molecule has 0 bridgehead atoms. The molecular formula is C28H32F12N2O2. The smallest absolute Gasteiger partial charge is 0.385 e. The highest BCUT2D eigenvalue weighted by Crippen LogP contribution is 2.64. The maximum Gasteiger partial charge on any atom is 0.385 e. The number of benzene rings is 2. The Kier molecular flexibility index (Phi) is 9.00. The number of nitrogen functional groups attached to an aromatic ring is 2. The fourth-order valence-corrected chi connectivity index (χ4v) is 4.35. The van der Waals surface area contributed by atoms with Crippen molar-refractivity contribution in [3.63, 3.8) is 0 Å². The van der Waals surface area contributed by atoms with Crippen molar-refractivity contribution in [2.24, 2.45) is 0 Å². The summed E-state index contributed by atoms with van der Waals surface area (Å²) in [7, 11) is 1.67. The summed E-state index contributed by atoms with van der Waals surface area (Å²) in [6, 6.07) is 0.408. The van der Waals surface area contributed by atoms with Gasteiger partial charge in [-0.3, -0.25) is 0 Å². The van der Waals surface area contributed by atoms with E-state index in [1.807, 2.05) is 0 Å². The molecule has 250 valence electrons. The number of halogens is 12. The highest BCUT2D eigenvalue weighted by molar-refractivity contribution is 5.64. The van der Waals surface area contributed by atoms with Crippen LogP contribution < -0.4 is 20.9 Å². The molecule has 2 aromatic rings. The molecule has 0 aliphatic rings. The second-order valence-corrected chi connectivity index (χ2v) is 12.2. The summed E-state index contributed by atoms with van der Waals surface area (Å²) in [6.45, 7) is 8.01. The monoisotopic (exact) mass is 656 g/mol. The lowest BCUT2D eigenvalue weighted by Gasteiger charge is -2.42. The van der Waals surface area contributed by atoms with Crippen LogP contribution in [-0.4, -0.2) is 37.9 Å². The maximum absolute atomic E-state index is 15.2. The summed E-state index contributed by atoms with van der Waals surface area (Å²) < 4.78 is 190. The predicted molar refractivity (Wildman–Crippen MR) is 140 cm³/mol. The minimum atomic E-state index is -7.79. The third kappa shape index (κ3) is 5.35. The zero-order valence-corrected chi connectivity index (χ0v) is 24.8. The van der Waals surface area contributed by atoms with E-state index in [1.165, 1.54) is 41.5 Å². The zero-order chi connectivity index (χ0) is 34.9. The Bertz CT molecular complexity index is 1290. The van der Waals surface area contributed by atoms with Gasteiger partial charge in [0.15, 0.2) is 0 Å². The fourth-order valence-electron chi connectivity index (χ4n) is 4.35. The molecule has 0 heterocycles. The molecule has 2 aromatic carbocycles. The second kappa shape index (κ2) is 10.7. The van der Waals surface area contributed by atoms with Gasteiger partial charge in [0.05, 0.1) is 25.6 Å². The lowest BCUT2D eigenvalue weighted by atomic mass is 9.81. The standard InChI is InChI=1S/C28H32F12N2O2/c1-21(2,3)15-9-13(11-17(43-7)19(15)41)23(29,30)25(33,34)27(37,38)28(39,40)26(35,36)24(31,32)14-10-16(22(4,5)6)20(42)18(12-14)44-8/h9-12H,41-42H2,1-8H3. The Balaban J connectivity index is 2.82. The van der Waals surface area contributed by atoms with E-state index >= 15 is 17.6 Å². The second-order valence-electron chi connectivity index (χ2n) is 12.2. The van der Waals surface area contributed by atoms with Crippen LogP contribution in [0.1, 0.15) is 63.8 Å². The third-order valence-electron chi connectivity index (χ3n) is 7.04. The summed E-state index contributed by atoms with van der Waals surface area (Å²) in [5.74, 6) is -44.6. The van der Waals surface area contributed by atoms with Crippen LogP contribution in [0.15, 0.2) is 24.3 Å². The quantitative estimate of drug-likeness (QED) is 0.209. The van der Waals surface area contributed by atoms with Crippen LogP contribution in [0.4, 0.5) is 64.1 Å². The van der Waals surface area contributed by atoms with Gasteiger partial charge in [-0.25, -0.2) is 0 Å². The first kappa shape index (κ1) is 37.0. The van der Waals surface area contributed by atoms with Gasteiger partial charge in [0, 0.05) is 11.1 Å². The normalized spacial score (nSPS) is 14.5. The van der Waals surface area contributed by atoms with E-state index in [-0.39, 0.29) is 35.4 Å². The van der Waals surface area contributed by atoms with Gasteiger partial charge in [0.25, 0.3) is 0 Å². The topological polar surface area (TPSA) is 70.5 Å². The first-order valence-corrected chi connectivity index (χ1v) is 12.6. The number of hydrogen-bond donors (Lipinski definition) is 2. The van der Waals surface area contributed by atoms with Crippen molar-refractivity contribution in [3.05, 3.63) is 46.5 Å². The van der Waals surface area contributed by atoms with Crippen molar-refractivity contribution in [2.45, 2.75) is 87.9 Å². The van der Waals surface area contributed by atoms with Gasteiger partial charge in [-0.05, 0) is 46.2 Å². The minimum Gasteiger partial charge on any atom is -0.495 e. The molecule has 0 saturated heterocycles. The van der Waals surface area contributed by atoms with E-state index in [4.69, 9.17) is 20.9 Å². The Morgan fingerprint density at radius 2 is 0.705 bits per heavy atom. The van der Waals surface area contributed by atoms with Crippen molar-refractivity contribution >= 4 is 11.4 Å². The molecule has 0 radical (unpaired) electrons. The molecule has 2 rings (SSSR count). The number of methoxy groups -OCH3 is 2. The van der Waals surface area contributed by atoms with E-state index < -0.39 is 80.4 Å². The molecular weight excluding hydrogens is 624 g/mol. The third-order valence-corrected chi connectivity index (χ3v) is 7.04. The van der Waals surface area contributed by atoms with E-state index in [9.17, 15) is 35.1 Å². The van der Waals surface area contributed by atoms with E-state index in [1.54, 1.807) is 0 Å². The van der Waals surface area contributed by atoms with Crippen LogP contribution in [0.25, 0.3) is 0 Å². The molecule has 0 atom stereocenters. The molecule has 44 heavy (non-hydrogen) atoms. The maximum atomic E-state index is 15.2. The van der Waals surface area contributed by atoms with E-state index in [0.717, 1.165) is 14.2 Å². The molecule has 0 aliphatic carbocycles. The molecule has 0 amide bonds. The predicted octanol–water partition coefficient (Wildman–Crippen LogP) is 8.89. The average Bonchev–Trinajstić information content (AvgIpc) is 2.86. The summed E-state index contributed by atoms with van der Waals surface area (Å²) in [6.07, 6.45) is 0. The minimum absolute atomic E-state index is 0.0220. The van der Waals surface area contributed by atoms with Crippen molar-refractivity contribution in [1.82, 2.24) is 0 Å². The number of rotatable bonds is 9. The van der Waals surface area contributed by atoms with Crippen molar-refractivity contribution in [1.29, 1.82) is 0 Å². The SMILES string of the molecule is COc1cc(C(F)(F)C(F)(F)C(F)(F)C(F)(F)C(F)(F)C(F)(F)c2cc(OC)c(N)c(C(C)(C)C)c2)cc(C(C)(C)C)c1N. The molecule has 0 unspecified atom stereocenters. The zero-order valence-electron chi connectivity index (χ0n) is 24.8. The number of anilines is 2. The Hall–Kier alpha value is -3.20. The van der Waals surface area contributed by atoms with Crippen LogP contribution in [0.3, 0.4) is 0 Å². The highest BCUT2D eigenvalue weighted by atomic mass is 19.4. The number of ether oxygens (including phenoxy) is 2. The number of nitrogens with two attached hydrogens (primary N) is 2. The Labute approximate surface area is 245 Å². The van der Waals surface area contributed by atoms with Crippen molar-refractivity contribution in [3.8, 4) is 11.5 Å². The van der Waals surface area contributed by atoms with E-state index in [0.29, 0.717) is 0 Å². The number of alkyl halides is 12. The van der Waals surface area contributed by atoms with E-state index in [2.05, 4.69) is 0 Å². The summed E-state index contributed by atoms with van der Waals surface area (Å²) in [4.78, 5) is 0. The van der Waals surface area contributed by atoms with Crippen molar-refractivity contribution in [2.75, 3.05) is 25.7 Å². The largest absolute Gasteiger partial charge is 0.495 e. The molecule has 4 N–H and O–H groups in total. The van der Waals surface area contributed by atoms with Crippen LogP contribution in [0.5, 0.6) is 11.5 Å². The van der Waals surface area contributed by atoms with Gasteiger partial charge < -0.3 is 20.9 Å². The van der Waals surface area contributed by atoms with Crippen LogP contribution in [-0.2, 0) is 22.7 Å². The van der Waals surface area contributed by atoms with Gasteiger partial charge in [-0.1, -0.05) is 41.5 Å². The van der Waals surface area contributed by atoms with Crippen LogP contribution >= 0.6 is 0 Å². The summed E-state index contributed by atoms with van der Waals surface area (Å²) in [5, 5.41) is 0. The van der Waals surface area contributed by atoms with Gasteiger partial charge in [-0.2, -0.15) is 52.7 Å². The lowest BCUT2D eigenvalue weighted by molar-refractivity contribution is -0.429.